The van der Waals surface area contributed by atoms with Crippen molar-refractivity contribution in [2.45, 2.75) is 51.6 Å². The zero-order valence-corrected chi connectivity index (χ0v) is 15.2. The fourth-order valence-electron chi connectivity index (χ4n) is 2.37. The number of nitrogens with one attached hydrogen (secondary N) is 2. The van der Waals surface area contributed by atoms with Gasteiger partial charge >= 0.3 is 5.97 Å². The first-order chi connectivity index (χ1) is 12.6. The van der Waals surface area contributed by atoms with Crippen LogP contribution in [0.4, 0.5) is 0 Å². The number of Topliss-reactive ketones (excluding diaryl/α,β-unsaturated/α-hetero) is 1. The minimum Gasteiger partial charge on any atom is -0.481 e. The van der Waals surface area contributed by atoms with Crippen LogP contribution in [0, 0.1) is 0 Å². The second kappa shape index (κ2) is 10.2. The van der Waals surface area contributed by atoms with Crippen LogP contribution in [-0.4, -0.2) is 64.0 Å². The van der Waals surface area contributed by atoms with Crippen LogP contribution >= 0.6 is 0 Å². The maximum absolute atomic E-state index is 12.3. The van der Waals surface area contributed by atoms with E-state index in [0.717, 1.165) is 17.1 Å². The highest BCUT2D eigenvalue weighted by Gasteiger charge is 2.27. The van der Waals surface area contributed by atoms with Gasteiger partial charge in [-0.3, -0.25) is 33.7 Å². The summed E-state index contributed by atoms with van der Waals surface area (Å²) >= 11 is 0. The largest absolute Gasteiger partial charge is 0.481 e. The predicted octanol–water partition coefficient (Wildman–Crippen LogP) is -0.865. The van der Waals surface area contributed by atoms with Crippen LogP contribution < -0.4 is 10.6 Å². The van der Waals surface area contributed by atoms with Gasteiger partial charge in [-0.25, -0.2) is 0 Å². The van der Waals surface area contributed by atoms with E-state index in [-0.39, 0.29) is 38.0 Å². The van der Waals surface area contributed by atoms with Crippen molar-refractivity contribution in [3.05, 3.63) is 12.2 Å². The van der Waals surface area contributed by atoms with E-state index < -0.39 is 41.7 Å². The first-order valence-corrected chi connectivity index (χ1v) is 8.53. The Kier molecular flexibility index (Phi) is 8.31. The molecule has 148 valence electrons. The molecule has 0 saturated carbocycles. The highest BCUT2D eigenvalue weighted by Crippen LogP contribution is 2.05. The van der Waals surface area contributed by atoms with Gasteiger partial charge in [0.1, 0.15) is 6.04 Å². The molecule has 2 atom stereocenters. The fourth-order valence-corrected chi connectivity index (χ4v) is 2.37. The number of carboxylic acid groups (broad SMARTS) is 1. The number of hydrogen-bond acceptors (Lipinski definition) is 6. The molecule has 1 aliphatic heterocycles. The molecule has 1 rings (SSSR count). The maximum Gasteiger partial charge on any atom is 0.303 e. The fraction of sp³-hybridized carbons (Fsp3) is 0.529. The molecule has 1 aliphatic rings. The van der Waals surface area contributed by atoms with Gasteiger partial charge in [0.2, 0.25) is 11.8 Å². The van der Waals surface area contributed by atoms with Gasteiger partial charge in [-0.05, 0) is 13.3 Å². The Labute approximate surface area is 156 Å². The molecule has 10 heteroatoms. The van der Waals surface area contributed by atoms with Gasteiger partial charge in [-0.2, -0.15) is 0 Å². The normalized spacial score (nSPS) is 15.4. The molecule has 0 aromatic heterocycles. The summed E-state index contributed by atoms with van der Waals surface area (Å²) in [4.78, 5) is 70.5. The summed E-state index contributed by atoms with van der Waals surface area (Å²) in [5, 5.41) is 13.6. The molecule has 10 nitrogen and oxygen atoms in total. The van der Waals surface area contributed by atoms with Gasteiger partial charge < -0.3 is 15.7 Å². The third kappa shape index (κ3) is 7.00. The molecule has 0 saturated heterocycles. The van der Waals surface area contributed by atoms with Gasteiger partial charge in [0.15, 0.2) is 5.78 Å². The number of rotatable bonds is 11. The van der Waals surface area contributed by atoms with Crippen LogP contribution in [0.1, 0.15) is 39.5 Å². The number of hydrogen-bond donors (Lipinski definition) is 3. The molecule has 4 amide bonds. The Bertz CT molecular complexity index is 653. The number of carbonyl (C=O) groups is 6. The van der Waals surface area contributed by atoms with Crippen molar-refractivity contribution in [1.29, 1.82) is 0 Å². The zero-order valence-electron chi connectivity index (χ0n) is 15.2. The van der Waals surface area contributed by atoms with E-state index in [4.69, 9.17) is 5.11 Å². The quantitative estimate of drug-likeness (QED) is 0.394. The lowest BCUT2D eigenvalue weighted by molar-refractivity contribution is -0.139. The van der Waals surface area contributed by atoms with Crippen LogP contribution in [0.15, 0.2) is 12.2 Å². The lowest BCUT2D eigenvalue weighted by atomic mass is 10.1. The molecule has 0 aromatic carbocycles. The molecule has 0 radical (unpaired) electrons. The lowest BCUT2D eigenvalue weighted by Gasteiger charge is -2.21. The highest BCUT2D eigenvalue weighted by molar-refractivity contribution is 6.13. The number of nitrogens with zero attached hydrogens (tertiary/aromatic N) is 1. The molecule has 0 aromatic rings. The smallest absolute Gasteiger partial charge is 0.303 e. The van der Waals surface area contributed by atoms with Crippen molar-refractivity contribution in [2.24, 2.45) is 0 Å². The Morgan fingerprint density at radius 3 is 2.19 bits per heavy atom. The first-order valence-electron chi connectivity index (χ1n) is 8.53. The first kappa shape index (κ1) is 22.0. The average molecular weight is 381 g/mol. The van der Waals surface area contributed by atoms with Crippen molar-refractivity contribution < 1.29 is 33.9 Å². The van der Waals surface area contributed by atoms with Gasteiger partial charge in [0, 0.05) is 38.0 Å². The SMILES string of the molecule is CCC(=O)[C@H](C)NC(=O)[C@H](CCC(=O)O)NC(=O)CCN1C(=O)C=CC1=O. The van der Waals surface area contributed by atoms with Crippen molar-refractivity contribution >= 4 is 35.4 Å². The molecule has 0 spiro atoms. The molecule has 1 heterocycles. The molecule has 0 aliphatic carbocycles. The summed E-state index contributed by atoms with van der Waals surface area (Å²) in [6.07, 6.45) is 1.65. The predicted molar refractivity (Wildman–Crippen MR) is 92.2 cm³/mol. The van der Waals surface area contributed by atoms with Crippen LogP contribution in [0.3, 0.4) is 0 Å². The van der Waals surface area contributed by atoms with Crippen LogP contribution in [0.2, 0.25) is 0 Å². The molecule has 0 bridgehead atoms. The van der Waals surface area contributed by atoms with Crippen LogP contribution in [0.5, 0.6) is 0 Å². The Hall–Kier alpha value is -3.04. The third-order valence-corrected chi connectivity index (χ3v) is 3.95. The molecule has 27 heavy (non-hydrogen) atoms. The summed E-state index contributed by atoms with van der Waals surface area (Å²) in [7, 11) is 0. The van der Waals surface area contributed by atoms with Gasteiger partial charge in [-0.15, -0.1) is 0 Å². The van der Waals surface area contributed by atoms with E-state index in [1.807, 2.05) is 0 Å². The second-order valence-electron chi connectivity index (χ2n) is 6.01. The lowest BCUT2D eigenvalue weighted by Crippen LogP contribution is -2.51. The van der Waals surface area contributed by atoms with E-state index in [2.05, 4.69) is 10.6 Å². The summed E-state index contributed by atoms with van der Waals surface area (Å²) in [6, 6.07) is -1.92. The summed E-state index contributed by atoms with van der Waals surface area (Å²) < 4.78 is 0. The van der Waals surface area contributed by atoms with Gasteiger partial charge in [0.05, 0.1) is 6.04 Å². The average Bonchev–Trinajstić information content (AvgIpc) is 2.93. The topological polar surface area (TPSA) is 150 Å². The van der Waals surface area contributed by atoms with Crippen molar-refractivity contribution in [2.75, 3.05) is 6.54 Å². The van der Waals surface area contributed by atoms with E-state index in [9.17, 15) is 28.8 Å². The number of carbonyl (C=O) groups excluding carboxylic acids is 5. The van der Waals surface area contributed by atoms with E-state index in [0.29, 0.717) is 0 Å². The summed E-state index contributed by atoms with van der Waals surface area (Å²) in [5.74, 6) is -3.69. The maximum atomic E-state index is 12.3. The number of imide groups is 1. The number of amides is 4. The third-order valence-electron chi connectivity index (χ3n) is 3.95. The molecule has 0 unspecified atom stereocenters. The van der Waals surface area contributed by atoms with Gasteiger partial charge in [-0.1, -0.05) is 6.92 Å². The van der Waals surface area contributed by atoms with Gasteiger partial charge in [0.25, 0.3) is 11.8 Å². The Morgan fingerprint density at radius 1 is 1.07 bits per heavy atom. The second-order valence-corrected chi connectivity index (χ2v) is 6.01. The number of carboxylic acids is 1. The number of ketones is 1. The van der Waals surface area contributed by atoms with E-state index in [1.165, 1.54) is 6.92 Å². The van der Waals surface area contributed by atoms with E-state index in [1.54, 1.807) is 6.92 Å². The molecular weight excluding hydrogens is 358 g/mol. The minimum atomic E-state index is -1.15. The molecular formula is C17H23N3O7. The van der Waals surface area contributed by atoms with Crippen LogP contribution in [0.25, 0.3) is 0 Å². The van der Waals surface area contributed by atoms with Crippen molar-refractivity contribution in [3.63, 3.8) is 0 Å². The van der Waals surface area contributed by atoms with Crippen molar-refractivity contribution in [3.8, 4) is 0 Å². The standard InChI is InChI=1S/C17H23N3O7/c1-3-12(21)10(2)18-17(27)11(4-7-16(25)26)19-13(22)8-9-20-14(23)5-6-15(20)24/h5-6,10-11H,3-4,7-9H2,1-2H3,(H,18,27)(H,19,22)(H,25,26)/t10-,11-/m0/s1. The highest BCUT2D eigenvalue weighted by atomic mass is 16.4. The number of aliphatic carboxylic acids is 1. The van der Waals surface area contributed by atoms with Crippen LogP contribution in [-0.2, 0) is 28.8 Å². The summed E-state index contributed by atoms with van der Waals surface area (Å²) in [6.45, 7) is 2.98. The van der Waals surface area contributed by atoms with Crippen molar-refractivity contribution in [1.82, 2.24) is 15.5 Å². The zero-order chi connectivity index (χ0) is 20.6. The minimum absolute atomic E-state index is 0.158. The summed E-state index contributed by atoms with van der Waals surface area (Å²) in [5.41, 5.74) is 0. The molecule has 3 N–H and O–H groups in total. The Balaban J connectivity index is 2.64. The van der Waals surface area contributed by atoms with E-state index >= 15 is 0 Å². The Morgan fingerprint density at radius 2 is 1.67 bits per heavy atom. The monoisotopic (exact) mass is 381 g/mol. The molecule has 0 fully saturated rings.